The number of thiophene rings is 1. The molecule has 5 heteroatoms. The quantitative estimate of drug-likeness (QED) is 0.626. The van der Waals surface area contributed by atoms with Gasteiger partial charge >= 0.3 is 5.00 Å². The highest BCUT2D eigenvalue weighted by Gasteiger charge is 2.44. The van der Waals surface area contributed by atoms with Gasteiger partial charge in [-0.05, 0) is 30.2 Å². The average molecular weight is 254 g/mol. The Labute approximate surface area is 105 Å². The molecule has 0 spiro atoms. The maximum Gasteiger partial charge on any atom is 0.324 e. The third-order valence-electron chi connectivity index (χ3n) is 3.72. The fourth-order valence-corrected chi connectivity index (χ4v) is 2.90. The summed E-state index contributed by atoms with van der Waals surface area (Å²) < 4.78 is 0. The summed E-state index contributed by atoms with van der Waals surface area (Å²) in [6, 6.07) is 3.42. The molecule has 1 aliphatic carbocycles. The summed E-state index contributed by atoms with van der Waals surface area (Å²) in [5, 5.41) is 14.2. The molecule has 1 N–H and O–H groups in total. The van der Waals surface area contributed by atoms with Crippen molar-refractivity contribution in [2.75, 3.05) is 6.54 Å². The smallest absolute Gasteiger partial charge is 0.311 e. The second-order valence-corrected chi connectivity index (χ2v) is 6.26. The fourth-order valence-electron chi connectivity index (χ4n) is 2.11. The summed E-state index contributed by atoms with van der Waals surface area (Å²) in [4.78, 5) is 11.3. The van der Waals surface area contributed by atoms with Gasteiger partial charge in [0.15, 0.2) is 0 Å². The number of hydrogen-bond donors (Lipinski definition) is 1. The van der Waals surface area contributed by atoms with E-state index in [0.29, 0.717) is 11.3 Å². The topological polar surface area (TPSA) is 55.2 Å². The summed E-state index contributed by atoms with van der Waals surface area (Å²) in [6.07, 6.45) is 2.62. The van der Waals surface area contributed by atoms with Crippen molar-refractivity contribution in [2.24, 2.45) is 11.3 Å². The minimum atomic E-state index is -0.329. The first-order chi connectivity index (χ1) is 8.03. The van der Waals surface area contributed by atoms with Crippen molar-refractivity contribution in [3.8, 4) is 0 Å². The van der Waals surface area contributed by atoms with E-state index in [0.717, 1.165) is 18.0 Å². The van der Waals surface area contributed by atoms with Gasteiger partial charge in [-0.3, -0.25) is 10.1 Å². The van der Waals surface area contributed by atoms with Crippen LogP contribution in [0.4, 0.5) is 5.00 Å². The Morgan fingerprint density at radius 2 is 2.24 bits per heavy atom. The lowest BCUT2D eigenvalue weighted by atomic mass is 9.92. The summed E-state index contributed by atoms with van der Waals surface area (Å²) in [5.41, 5.74) is 0.489. The predicted octanol–water partition coefficient (Wildman–Crippen LogP) is 3.18. The standard InChI is InChI=1S/C12H18N2O2S/c1-9(2)12(5-6-12)8-13-7-10-3-4-11(17-10)14(15)16/h3-4,9,13H,5-8H2,1-2H3. The number of nitrogens with zero attached hydrogens (tertiary/aromatic N) is 1. The molecule has 0 atom stereocenters. The van der Waals surface area contributed by atoms with E-state index in [2.05, 4.69) is 19.2 Å². The fraction of sp³-hybridized carbons (Fsp3) is 0.667. The summed E-state index contributed by atoms with van der Waals surface area (Å²) in [6.45, 7) is 6.30. The number of rotatable bonds is 6. The van der Waals surface area contributed by atoms with E-state index < -0.39 is 0 Å². The van der Waals surface area contributed by atoms with Gasteiger partial charge in [-0.15, -0.1) is 0 Å². The van der Waals surface area contributed by atoms with Crippen LogP contribution in [-0.4, -0.2) is 11.5 Å². The van der Waals surface area contributed by atoms with Gasteiger partial charge in [-0.25, -0.2) is 0 Å². The number of nitro groups is 1. The first kappa shape index (κ1) is 12.5. The second kappa shape index (κ2) is 4.74. The van der Waals surface area contributed by atoms with Gasteiger partial charge in [0.05, 0.1) is 4.92 Å². The molecular formula is C12H18N2O2S. The Balaban J connectivity index is 1.80. The van der Waals surface area contributed by atoms with Crippen molar-refractivity contribution in [3.63, 3.8) is 0 Å². The molecule has 1 aromatic rings. The van der Waals surface area contributed by atoms with Gasteiger partial charge < -0.3 is 5.32 Å². The average Bonchev–Trinajstić information content (AvgIpc) is 2.89. The van der Waals surface area contributed by atoms with E-state index in [1.54, 1.807) is 6.07 Å². The molecule has 17 heavy (non-hydrogen) atoms. The molecule has 0 aromatic carbocycles. The van der Waals surface area contributed by atoms with Crippen molar-refractivity contribution in [1.82, 2.24) is 5.32 Å². The van der Waals surface area contributed by atoms with Crippen LogP contribution in [0.25, 0.3) is 0 Å². The molecule has 0 unspecified atom stereocenters. The van der Waals surface area contributed by atoms with E-state index in [1.807, 2.05) is 6.07 Å². The van der Waals surface area contributed by atoms with Gasteiger partial charge in [-0.1, -0.05) is 25.2 Å². The lowest BCUT2D eigenvalue weighted by Gasteiger charge is -2.19. The third-order valence-corrected chi connectivity index (χ3v) is 4.76. The van der Waals surface area contributed by atoms with Gasteiger partial charge in [-0.2, -0.15) is 0 Å². The zero-order valence-electron chi connectivity index (χ0n) is 10.2. The minimum absolute atomic E-state index is 0.229. The van der Waals surface area contributed by atoms with Crippen LogP contribution >= 0.6 is 11.3 Å². The molecule has 0 saturated heterocycles. The number of hydrogen-bond acceptors (Lipinski definition) is 4. The normalized spacial score (nSPS) is 17.4. The van der Waals surface area contributed by atoms with Crippen LogP contribution in [0.3, 0.4) is 0 Å². The van der Waals surface area contributed by atoms with Crippen LogP contribution in [0.2, 0.25) is 0 Å². The molecule has 1 aromatic heterocycles. The molecule has 4 nitrogen and oxygen atoms in total. The van der Waals surface area contributed by atoms with Crippen molar-refractivity contribution in [3.05, 3.63) is 27.1 Å². The lowest BCUT2D eigenvalue weighted by molar-refractivity contribution is -0.380. The highest BCUT2D eigenvalue weighted by Crippen LogP contribution is 2.51. The maximum atomic E-state index is 10.5. The highest BCUT2D eigenvalue weighted by molar-refractivity contribution is 7.15. The van der Waals surface area contributed by atoms with Crippen molar-refractivity contribution < 1.29 is 4.92 Å². The Hall–Kier alpha value is -0.940. The Bertz CT molecular complexity index is 410. The molecule has 1 saturated carbocycles. The maximum absolute atomic E-state index is 10.5. The molecule has 1 fully saturated rings. The van der Waals surface area contributed by atoms with E-state index in [9.17, 15) is 10.1 Å². The zero-order valence-corrected chi connectivity index (χ0v) is 11.0. The summed E-state index contributed by atoms with van der Waals surface area (Å²) in [5.74, 6) is 0.715. The Morgan fingerprint density at radius 1 is 1.53 bits per heavy atom. The van der Waals surface area contributed by atoms with Crippen molar-refractivity contribution in [1.29, 1.82) is 0 Å². The Morgan fingerprint density at radius 3 is 2.71 bits per heavy atom. The van der Waals surface area contributed by atoms with E-state index in [1.165, 1.54) is 24.2 Å². The number of nitrogens with one attached hydrogen (secondary N) is 1. The van der Waals surface area contributed by atoms with Gasteiger partial charge in [0.1, 0.15) is 0 Å². The molecular weight excluding hydrogens is 236 g/mol. The van der Waals surface area contributed by atoms with Crippen molar-refractivity contribution >= 4 is 16.3 Å². The monoisotopic (exact) mass is 254 g/mol. The van der Waals surface area contributed by atoms with Crippen LogP contribution in [0.5, 0.6) is 0 Å². The Kier molecular flexibility index (Phi) is 3.49. The van der Waals surface area contributed by atoms with Crippen LogP contribution < -0.4 is 5.32 Å². The van der Waals surface area contributed by atoms with Gasteiger partial charge in [0.25, 0.3) is 0 Å². The molecule has 0 radical (unpaired) electrons. The molecule has 94 valence electrons. The summed E-state index contributed by atoms with van der Waals surface area (Å²) >= 11 is 1.26. The largest absolute Gasteiger partial charge is 0.324 e. The van der Waals surface area contributed by atoms with Gasteiger partial charge in [0, 0.05) is 24.0 Å². The van der Waals surface area contributed by atoms with Crippen LogP contribution in [0.1, 0.15) is 31.6 Å². The minimum Gasteiger partial charge on any atom is -0.311 e. The summed E-state index contributed by atoms with van der Waals surface area (Å²) in [7, 11) is 0. The van der Waals surface area contributed by atoms with Gasteiger partial charge in [0.2, 0.25) is 0 Å². The molecule has 2 rings (SSSR count). The molecule has 1 heterocycles. The van der Waals surface area contributed by atoms with Crippen LogP contribution in [0, 0.1) is 21.4 Å². The van der Waals surface area contributed by atoms with Crippen molar-refractivity contribution in [2.45, 2.75) is 33.2 Å². The highest BCUT2D eigenvalue weighted by atomic mass is 32.1. The second-order valence-electron chi connectivity index (χ2n) is 5.12. The van der Waals surface area contributed by atoms with E-state index >= 15 is 0 Å². The molecule has 0 bridgehead atoms. The SMILES string of the molecule is CC(C)C1(CNCc2ccc([N+](=O)[O-])s2)CC1. The van der Waals surface area contributed by atoms with Crippen LogP contribution in [0.15, 0.2) is 12.1 Å². The lowest BCUT2D eigenvalue weighted by Crippen LogP contribution is -2.26. The molecule has 0 amide bonds. The van der Waals surface area contributed by atoms with E-state index in [-0.39, 0.29) is 9.92 Å². The zero-order chi connectivity index (χ0) is 12.5. The molecule has 1 aliphatic rings. The predicted molar refractivity (Wildman–Crippen MR) is 69.2 cm³/mol. The molecule has 0 aliphatic heterocycles. The third kappa shape index (κ3) is 2.84. The van der Waals surface area contributed by atoms with E-state index in [4.69, 9.17) is 0 Å². The first-order valence-electron chi connectivity index (χ1n) is 5.97. The first-order valence-corrected chi connectivity index (χ1v) is 6.79. The van der Waals surface area contributed by atoms with Crippen LogP contribution in [-0.2, 0) is 6.54 Å².